The number of halogens is 2. The van der Waals surface area contributed by atoms with E-state index in [9.17, 15) is 8.78 Å². The lowest BCUT2D eigenvalue weighted by Gasteiger charge is -2.24. The predicted molar refractivity (Wildman–Crippen MR) is 121 cm³/mol. The average Bonchev–Trinajstić information content (AvgIpc) is 2.74. The highest BCUT2D eigenvalue weighted by Gasteiger charge is 2.20. The highest BCUT2D eigenvalue weighted by Crippen LogP contribution is 2.35. The Hall–Kier alpha value is -4.01. The van der Waals surface area contributed by atoms with Gasteiger partial charge in [-0.2, -0.15) is 0 Å². The van der Waals surface area contributed by atoms with Gasteiger partial charge in [0.2, 0.25) is 0 Å². The zero-order valence-electron chi connectivity index (χ0n) is 18.0. The van der Waals surface area contributed by atoms with Crippen LogP contribution in [0, 0.1) is 36.3 Å². The second-order valence-electron chi connectivity index (χ2n) is 7.34. The summed E-state index contributed by atoms with van der Waals surface area (Å²) in [5.74, 6) is -1.57. The van der Waals surface area contributed by atoms with E-state index in [4.69, 9.17) is 27.0 Å². The van der Waals surface area contributed by atoms with Crippen molar-refractivity contribution in [1.82, 2.24) is 4.98 Å². The summed E-state index contributed by atoms with van der Waals surface area (Å²) in [5, 5.41) is 14.9. The first kappa shape index (κ1) is 22.7. The lowest BCUT2D eigenvalue weighted by atomic mass is 10.1. The fraction of sp³-hybridized carbons (Fsp3) is 0.174. The predicted octanol–water partition coefficient (Wildman–Crippen LogP) is 3.89. The molecule has 1 heterocycles. The number of pyridine rings is 1. The number of nitrogens with zero attached hydrogens (tertiary/aromatic N) is 2. The number of anilines is 2. The number of nitrogens with one attached hydrogen (secondary N) is 2. The van der Waals surface area contributed by atoms with E-state index in [1.54, 1.807) is 45.3 Å². The Morgan fingerprint density at radius 3 is 2.41 bits per heavy atom. The van der Waals surface area contributed by atoms with Crippen LogP contribution >= 0.6 is 0 Å². The van der Waals surface area contributed by atoms with Gasteiger partial charge in [0.25, 0.3) is 0 Å². The molecule has 3 rings (SSSR count). The average molecular weight is 438 g/mol. The third kappa shape index (κ3) is 4.51. The summed E-state index contributed by atoms with van der Waals surface area (Å²) in [7, 11) is 1.59. The van der Waals surface area contributed by atoms with Crippen LogP contribution in [0.15, 0.2) is 42.6 Å². The summed E-state index contributed by atoms with van der Waals surface area (Å²) in [5.41, 5.74) is 13.8. The highest BCUT2D eigenvalue weighted by atomic mass is 19.1. The second kappa shape index (κ2) is 9.01. The van der Waals surface area contributed by atoms with Crippen molar-refractivity contribution in [1.29, 1.82) is 10.8 Å². The maximum absolute atomic E-state index is 14.7. The summed E-state index contributed by atoms with van der Waals surface area (Å²) in [6.07, 6.45) is 1.56. The third-order valence-electron chi connectivity index (χ3n) is 5.10. The maximum Gasteiger partial charge on any atom is 0.147 e. The van der Waals surface area contributed by atoms with Crippen LogP contribution in [-0.4, -0.2) is 23.7 Å². The van der Waals surface area contributed by atoms with E-state index in [0.29, 0.717) is 28.3 Å². The molecule has 0 spiro atoms. The van der Waals surface area contributed by atoms with Crippen molar-refractivity contribution < 1.29 is 13.5 Å². The molecule has 166 valence electrons. The number of benzene rings is 2. The van der Waals surface area contributed by atoms with Gasteiger partial charge in [0.1, 0.15) is 35.7 Å². The zero-order valence-corrected chi connectivity index (χ0v) is 18.0. The number of amidine groups is 2. The van der Waals surface area contributed by atoms with Crippen LogP contribution in [0.5, 0.6) is 5.75 Å². The van der Waals surface area contributed by atoms with Crippen LogP contribution in [0.4, 0.5) is 20.2 Å². The molecule has 6 N–H and O–H groups in total. The first-order valence-corrected chi connectivity index (χ1v) is 9.69. The van der Waals surface area contributed by atoms with Gasteiger partial charge in [0.15, 0.2) is 0 Å². The van der Waals surface area contributed by atoms with Crippen LogP contribution in [0.2, 0.25) is 0 Å². The lowest BCUT2D eigenvalue weighted by Crippen LogP contribution is -2.18. The molecular weight excluding hydrogens is 414 g/mol. The first-order chi connectivity index (χ1) is 15.1. The topological polar surface area (TPSA) is 125 Å². The fourth-order valence-corrected chi connectivity index (χ4v) is 3.37. The molecule has 1 aromatic heterocycles. The van der Waals surface area contributed by atoms with Gasteiger partial charge in [-0.25, -0.2) is 8.78 Å². The molecule has 32 heavy (non-hydrogen) atoms. The SMILES string of the molecule is Cc1ncc(N(C)c2cc(F)c(C(=N)N)cc2F)c(C)c1OCc1cccc(C(=N)N)c1. The Bertz CT molecular complexity index is 1210. The summed E-state index contributed by atoms with van der Waals surface area (Å²) in [6.45, 7) is 3.81. The van der Waals surface area contributed by atoms with Crippen molar-refractivity contribution in [3.63, 3.8) is 0 Å². The van der Waals surface area contributed by atoms with Gasteiger partial charge in [0.05, 0.1) is 28.8 Å². The Kier molecular flexibility index (Phi) is 6.38. The standard InChI is InChI=1S/C23H24F2N6O/c1-12-20(31(3)19-9-17(24)16(23(28)29)8-18(19)25)10-30-13(2)21(12)32-11-14-5-4-6-15(7-14)22(26)27/h4-10H,11H2,1-3H3,(H3,26,27)(H3,28,29). The Morgan fingerprint density at radius 1 is 1.03 bits per heavy atom. The number of aromatic nitrogens is 1. The lowest BCUT2D eigenvalue weighted by molar-refractivity contribution is 0.300. The van der Waals surface area contributed by atoms with Crippen molar-refractivity contribution in [2.45, 2.75) is 20.5 Å². The number of nitrogen functional groups attached to an aromatic ring is 2. The Balaban J connectivity index is 1.93. The van der Waals surface area contributed by atoms with Crippen molar-refractivity contribution in [2.24, 2.45) is 11.5 Å². The first-order valence-electron chi connectivity index (χ1n) is 9.69. The van der Waals surface area contributed by atoms with E-state index in [0.717, 1.165) is 17.7 Å². The van der Waals surface area contributed by atoms with Crippen molar-refractivity contribution >= 4 is 23.0 Å². The van der Waals surface area contributed by atoms with Crippen LogP contribution in [0.3, 0.4) is 0 Å². The molecule has 0 aliphatic heterocycles. The van der Waals surface area contributed by atoms with Crippen molar-refractivity contribution in [3.05, 3.63) is 82.2 Å². The summed E-state index contributed by atoms with van der Waals surface area (Å²) in [6, 6.07) is 9.06. The summed E-state index contributed by atoms with van der Waals surface area (Å²) in [4.78, 5) is 5.82. The molecule has 9 heteroatoms. The number of ether oxygens (including phenoxy) is 1. The van der Waals surface area contributed by atoms with Gasteiger partial charge >= 0.3 is 0 Å². The molecular formula is C23H24F2N6O. The molecule has 0 atom stereocenters. The fourth-order valence-electron chi connectivity index (χ4n) is 3.37. The molecule has 0 amide bonds. The van der Waals surface area contributed by atoms with E-state index >= 15 is 0 Å². The van der Waals surface area contributed by atoms with Gasteiger partial charge in [-0.1, -0.05) is 18.2 Å². The molecule has 0 saturated carbocycles. The summed E-state index contributed by atoms with van der Waals surface area (Å²) >= 11 is 0. The van der Waals surface area contributed by atoms with E-state index in [2.05, 4.69) is 4.98 Å². The van der Waals surface area contributed by atoms with Gasteiger partial charge in [-0.15, -0.1) is 0 Å². The van der Waals surface area contributed by atoms with Gasteiger partial charge < -0.3 is 21.1 Å². The minimum absolute atomic E-state index is 0.0265. The largest absolute Gasteiger partial charge is 0.487 e. The molecule has 0 aliphatic carbocycles. The van der Waals surface area contributed by atoms with E-state index in [1.165, 1.54) is 4.90 Å². The summed E-state index contributed by atoms with van der Waals surface area (Å²) < 4.78 is 35.0. The molecule has 0 fully saturated rings. The van der Waals surface area contributed by atoms with Gasteiger partial charge in [-0.3, -0.25) is 15.8 Å². The molecule has 7 nitrogen and oxygen atoms in total. The minimum atomic E-state index is -0.791. The molecule has 3 aromatic rings. The van der Waals surface area contributed by atoms with Crippen molar-refractivity contribution in [2.75, 3.05) is 11.9 Å². The van der Waals surface area contributed by atoms with Crippen LogP contribution < -0.4 is 21.1 Å². The van der Waals surface area contributed by atoms with Crippen LogP contribution in [0.1, 0.15) is 27.9 Å². The van der Waals surface area contributed by atoms with Crippen molar-refractivity contribution in [3.8, 4) is 5.75 Å². The molecule has 0 bridgehead atoms. The molecule has 0 radical (unpaired) electrons. The molecule has 0 aliphatic rings. The number of aryl methyl sites for hydroxylation is 1. The number of nitrogens with two attached hydrogens (primary N) is 2. The Labute approximate surface area is 184 Å². The smallest absolute Gasteiger partial charge is 0.147 e. The Morgan fingerprint density at radius 2 is 1.75 bits per heavy atom. The number of hydrogen-bond donors (Lipinski definition) is 4. The maximum atomic E-state index is 14.7. The zero-order chi connectivity index (χ0) is 23.6. The highest BCUT2D eigenvalue weighted by molar-refractivity contribution is 5.96. The number of rotatable bonds is 7. The molecule has 2 aromatic carbocycles. The quantitative estimate of drug-likeness (QED) is 0.329. The molecule has 0 saturated heterocycles. The van der Waals surface area contributed by atoms with E-state index in [1.807, 2.05) is 6.07 Å². The van der Waals surface area contributed by atoms with E-state index < -0.39 is 17.5 Å². The third-order valence-corrected chi connectivity index (χ3v) is 5.10. The van der Waals surface area contributed by atoms with Gasteiger partial charge in [-0.05, 0) is 31.5 Å². The van der Waals surface area contributed by atoms with Crippen LogP contribution in [-0.2, 0) is 6.61 Å². The van der Waals surface area contributed by atoms with Crippen LogP contribution in [0.25, 0.3) is 0 Å². The molecule has 0 unspecified atom stereocenters. The monoisotopic (exact) mass is 438 g/mol. The second-order valence-corrected chi connectivity index (χ2v) is 7.34. The minimum Gasteiger partial charge on any atom is -0.487 e. The number of hydrogen-bond acceptors (Lipinski definition) is 5. The normalized spacial score (nSPS) is 10.7. The van der Waals surface area contributed by atoms with E-state index in [-0.39, 0.29) is 23.7 Å². The van der Waals surface area contributed by atoms with Gasteiger partial charge in [0, 0.05) is 24.2 Å².